The zero-order valence-corrected chi connectivity index (χ0v) is 11.1. The molecule has 0 radical (unpaired) electrons. The average Bonchev–Trinajstić information content (AvgIpc) is 2.87. The Balaban J connectivity index is 2.03. The highest BCUT2D eigenvalue weighted by atomic mass is 16.3. The number of furan rings is 1. The van der Waals surface area contributed by atoms with Crippen molar-refractivity contribution in [2.45, 2.75) is 38.5 Å². The lowest BCUT2D eigenvalue weighted by Gasteiger charge is -2.07. The van der Waals surface area contributed by atoms with Gasteiger partial charge in [0.15, 0.2) is 0 Å². The fraction of sp³-hybridized carbons (Fsp3) is 0.533. The Bertz CT molecular complexity index is 505. The molecule has 0 unspecified atom stereocenters. The predicted molar refractivity (Wildman–Crippen MR) is 74.7 cm³/mol. The Kier molecular flexibility index (Phi) is 5.36. The van der Waals surface area contributed by atoms with E-state index < -0.39 is 0 Å². The Morgan fingerprint density at radius 1 is 1.32 bits per heavy atom. The maximum atomic E-state index is 8.41. The molecular formula is C15H19N3O. The highest BCUT2D eigenvalue weighted by Crippen LogP contribution is 2.17. The Labute approximate surface area is 113 Å². The molecule has 0 saturated carbocycles. The normalized spacial score (nSPS) is 19.9. The summed E-state index contributed by atoms with van der Waals surface area (Å²) in [5, 5.41) is 3.67. The lowest BCUT2D eigenvalue weighted by molar-refractivity contribution is 0.446. The van der Waals surface area contributed by atoms with Crippen molar-refractivity contribution in [3.8, 4) is 0 Å². The van der Waals surface area contributed by atoms with Crippen molar-refractivity contribution in [2.75, 3.05) is 6.54 Å². The zero-order chi connectivity index (χ0) is 13.3. The molecule has 100 valence electrons. The molecule has 4 nitrogen and oxygen atoms in total. The van der Waals surface area contributed by atoms with Crippen LogP contribution in [-0.4, -0.2) is 6.54 Å². The Hall–Kier alpha value is -1.89. The van der Waals surface area contributed by atoms with E-state index in [0.29, 0.717) is 6.54 Å². The third kappa shape index (κ3) is 4.70. The fourth-order valence-electron chi connectivity index (χ4n) is 2.26. The first-order valence-electron chi connectivity index (χ1n) is 6.88. The summed E-state index contributed by atoms with van der Waals surface area (Å²) < 4.78 is 5.79. The van der Waals surface area contributed by atoms with Gasteiger partial charge in [-0.25, -0.2) is 0 Å². The van der Waals surface area contributed by atoms with Gasteiger partial charge in [-0.1, -0.05) is 5.11 Å². The third-order valence-electron chi connectivity index (χ3n) is 3.32. The van der Waals surface area contributed by atoms with E-state index in [0.717, 1.165) is 50.0 Å². The van der Waals surface area contributed by atoms with Crippen LogP contribution < -0.4 is 0 Å². The molecule has 0 fully saturated rings. The number of fused-ring (bicyclic) bond motifs is 2. The molecule has 4 heteroatoms. The van der Waals surface area contributed by atoms with Crippen LogP contribution in [0.15, 0.2) is 39.5 Å². The molecule has 1 aliphatic rings. The lowest BCUT2D eigenvalue weighted by Crippen LogP contribution is -2.01. The smallest absolute Gasteiger partial charge is 0.104 e. The second-order valence-electron chi connectivity index (χ2n) is 4.86. The van der Waals surface area contributed by atoms with Gasteiger partial charge in [-0.2, -0.15) is 0 Å². The lowest BCUT2D eigenvalue weighted by atomic mass is 10.0. The van der Waals surface area contributed by atoms with E-state index in [1.165, 1.54) is 0 Å². The number of rotatable bonds is 2. The molecule has 1 aliphatic heterocycles. The summed E-state index contributed by atoms with van der Waals surface area (Å²) in [6.45, 7) is 0.515. The molecule has 2 heterocycles. The van der Waals surface area contributed by atoms with Gasteiger partial charge in [0, 0.05) is 24.3 Å². The Morgan fingerprint density at radius 3 is 2.89 bits per heavy atom. The SMILES string of the molecule is [N-]=[N+]=NC[C@@H]1C=C=CCCCc2ccc(o2)CCC1. The summed E-state index contributed by atoms with van der Waals surface area (Å²) in [4.78, 5) is 2.83. The van der Waals surface area contributed by atoms with Crippen LogP contribution in [0.25, 0.3) is 10.4 Å². The van der Waals surface area contributed by atoms with Crippen molar-refractivity contribution in [2.24, 2.45) is 11.0 Å². The minimum Gasteiger partial charge on any atom is -0.466 e. The predicted octanol–water partition coefficient (Wildman–Crippen LogP) is 4.58. The topological polar surface area (TPSA) is 61.9 Å². The standard InChI is InChI=1S/C15H19N3O/c16-18-17-12-13-6-3-1-2-4-8-14-10-11-15(19-14)9-5-7-13/h1,6,10-11,13H,2,4-5,7-9,12H2/t3?,13-/m1/s1. The van der Waals surface area contributed by atoms with E-state index in [4.69, 9.17) is 9.95 Å². The van der Waals surface area contributed by atoms with E-state index in [2.05, 4.69) is 34.0 Å². The second kappa shape index (κ2) is 7.52. The molecular weight excluding hydrogens is 238 g/mol. The van der Waals surface area contributed by atoms with Crippen LogP contribution in [-0.2, 0) is 12.8 Å². The van der Waals surface area contributed by atoms with Gasteiger partial charge in [-0.3, -0.25) is 0 Å². The van der Waals surface area contributed by atoms with Gasteiger partial charge < -0.3 is 4.42 Å². The van der Waals surface area contributed by atoms with E-state index in [1.807, 2.05) is 6.08 Å². The number of hydrogen-bond acceptors (Lipinski definition) is 2. The summed E-state index contributed by atoms with van der Waals surface area (Å²) in [6.07, 6.45) is 10.1. The molecule has 0 aliphatic carbocycles. The van der Waals surface area contributed by atoms with Gasteiger partial charge >= 0.3 is 0 Å². The first-order valence-corrected chi connectivity index (χ1v) is 6.88. The monoisotopic (exact) mass is 257 g/mol. The third-order valence-corrected chi connectivity index (χ3v) is 3.32. The van der Waals surface area contributed by atoms with Crippen LogP contribution in [0.4, 0.5) is 0 Å². The van der Waals surface area contributed by atoms with Crippen molar-refractivity contribution < 1.29 is 4.42 Å². The fourth-order valence-corrected chi connectivity index (χ4v) is 2.26. The molecule has 1 aromatic rings. The van der Waals surface area contributed by atoms with Gasteiger partial charge in [0.25, 0.3) is 0 Å². The van der Waals surface area contributed by atoms with Crippen LogP contribution in [0.3, 0.4) is 0 Å². The van der Waals surface area contributed by atoms with Crippen molar-refractivity contribution in [3.05, 3.63) is 52.0 Å². The molecule has 0 saturated heterocycles. The van der Waals surface area contributed by atoms with E-state index >= 15 is 0 Å². The highest BCUT2D eigenvalue weighted by Gasteiger charge is 2.07. The van der Waals surface area contributed by atoms with Gasteiger partial charge in [0.2, 0.25) is 0 Å². The van der Waals surface area contributed by atoms with Gasteiger partial charge in [-0.05, 0) is 61.4 Å². The zero-order valence-electron chi connectivity index (χ0n) is 11.1. The summed E-state index contributed by atoms with van der Waals surface area (Å²) >= 11 is 0. The largest absolute Gasteiger partial charge is 0.466 e. The maximum absolute atomic E-state index is 8.41. The number of aryl methyl sites for hydroxylation is 2. The average molecular weight is 257 g/mol. The molecule has 1 aromatic heterocycles. The molecule has 0 amide bonds. The molecule has 0 spiro atoms. The Morgan fingerprint density at radius 2 is 2.11 bits per heavy atom. The van der Waals surface area contributed by atoms with Crippen LogP contribution in [0.5, 0.6) is 0 Å². The first-order chi connectivity index (χ1) is 9.38. The maximum Gasteiger partial charge on any atom is 0.104 e. The molecule has 0 aromatic carbocycles. The van der Waals surface area contributed by atoms with Crippen molar-refractivity contribution in [1.82, 2.24) is 0 Å². The van der Waals surface area contributed by atoms with Crippen molar-refractivity contribution in [1.29, 1.82) is 0 Å². The molecule has 1 atom stereocenters. The van der Waals surface area contributed by atoms with Crippen LogP contribution in [0.2, 0.25) is 0 Å². The summed E-state index contributed by atoms with van der Waals surface area (Å²) in [7, 11) is 0. The minimum atomic E-state index is 0.280. The second-order valence-corrected chi connectivity index (χ2v) is 4.86. The molecule has 2 bridgehead atoms. The van der Waals surface area contributed by atoms with Gasteiger partial charge in [-0.15, -0.1) is 5.73 Å². The van der Waals surface area contributed by atoms with E-state index in [9.17, 15) is 0 Å². The van der Waals surface area contributed by atoms with E-state index in [1.54, 1.807) is 0 Å². The van der Waals surface area contributed by atoms with Gasteiger partial charge in [0.1, 0.15) is 11.5 Å². The van der Waals surface area contributed by atoms with Crippen LogP contribution in [0, 0.1) is 5.92 Å². The first kappa shape index (κ1) is 13.5. The highest BCUT2D eigenvalue weighted by molar-refractivity contribution is 5.08. The molecule has 0 N–H and O–H groups in total. The number of nitrogens with zero attached hydrogens (tertiary/aromatic N) is 3. The molecule has 2 rings (SSSR count). The summed E-state index contributed by atoms with van der Waals surface area (Å²) in [6, 6.07) is 4.16. The van der Waals surface area contributed by atoms with E-state index in [-0.39, 0.29) is 5.92 Å². The number of azide groups is 1. The summed E-state index contributed by atoms with van der Waals surface area (Å²) in [5.41, 5.74) is 11.6. The van der Waals surface area contributed by atoms with Gasteiger partial charge in [0.05, 0.1) is 0 Å². The van der Waals surface area contributed by atoms with Crippen molar-refractivity contribution in [3.63, 3.8) is 0 Å². The molecule has 19 heavy (non-hydrogen) atoms. The minimum absolute atomic E-state index is 0.280. The summed E-state index contributed by atoms with van der Waals surface area (Å²) in [5.74, 6) is 2.42. The van der Waals surface area contributed by atoms with Crippen molar-refractivity contribution >= 4 is 0 Å². The quantitative estimate of drug-likeness (QED) is 0.331. The number of hydrogen-bond donors (Lipinski definition) is 0. The van der Waals surface area contributed by atoms with Crippen LogP contribution >= 0.6 is 0 Å². The van der Waals surface area contributed by atoms with Crippen LogP contribution in [0.1, 0.15) is 37.2 Å².